The lowest BCUT2D eigenvalue weighted by molar-refractivity contribution is -0.115. The van der Waals surface area contributed by atoms with Gasteiger partial charge in [0.2, 0.25) is 5.91 Å². The maximum absolute atomic E-state index is 13.6. The molecule has 1 amide bonds. The summed E-state index contributed by atoms with van der Waals surface area (Å²) in [5.74, 6) is -0.199. The van der Waals surface area contributed by atoms with Crippen LogP contribution in [0.25, 0.3) is 0 Å². The van der Waals surface area contributed by atoms with Crippen molar-refractivity contribution in [3.05, 3.63) is 58.9 Å². The van der Waals surface area contributed by atoms with Crippen LogP contribution in [0.4, 0.5) is 10.1 Å². The zero-order chi connectivity index (χ0) is 14.5. The molecule has 20 heavy (non-hydrogen) atoms. The van der Waals surface area contributed by atoms with Gasteiger partial charge in [0.15, 0.2) is 0 Å². The summed E-state index contributed by atoms with van der Waals surface area (Å²) in [4.78, 5) is 11.9. The standard InChI is InChI=1S/C15H13ClFNO2/c1-20-11-5-2-4-10(8-11)18-15(19)9-12-13(16)6-3-7-14(12)17/h2-8H,9H2,1H3,(H,18,19). The van der Waals surface area contributed by atoms with Gasteiger partial charge in [-0.3, -0.25) is 4.79 Å². The summed E-state index contributed by atoms with van der Waals surface area (Å²) in [6.07, 6.45) is -0.122. The topological polar surface area (TPSA) is 38.3 Å². The SMILES string of the molecule is COc1cccc(NC(=O)Cc2c(F)cccc2Cl)c1. The summed E-state index contributed by atoms with van der Waals surface area (Å²) in [7, 11) is 1.54. The van der Waals surface area contributed by atoms with E-state index in [2.05, 4.69) is 5.32 Å². The van der Waals surface area contributed by atoms with Crippen LogP contribution < -0.4 is 10.1 Å². The minimum absolute atomic E-state index is 0.122. The average Bonchev–Trinajstić information content (AvgIpc) is 2.43. The molecule has 0 heterocycles. The number of methoxy groups -OCH3 is 1. The van der Waals surface area contributed by atoms with Crippen LogP contribution in [-0.4, -0.2) is 13.0 Å². The first-order valence-corrected chi connectivity index (χ1v) is 6.34. The number of hydrogen-bond acceptors (Lipinski definition) is 2. The molecule has 0 saturated carbocycles. The van der Waals surface area contributed by atoms with Crippen molar-refractivity contribution in [1.82, 2.24) is 0 Å². The fraction of sp³-hybridized carbons (Fsp3) is 0.133. The Morgan fingerprint density at radius 3 is 2.75 bits per heavy atom. The van der Waals surface area contributed by atoms with E-state index in [1.54, 1.807) is 37.4 Å². The number of anilines is 1. The van der Waals surface area contributed by atoms with Gasteiger partial charge in [-0.15, -0.1) is 0 Å². The van der Waals surface area contributed by atoms with Gasteiger partial charge in [0.05, 0.1) is 13.5 Å². The highest BCUT2D eigenvalue weighted by Gasteiger charge is 2.12. The molecule has 1 N–H and O–H groups in total. The number of carbonyl (C=O) groups excluding carboxylic acids is 1. The van der Waals surface area contributed by atoms with Gasteiger partial charge in [-0.05, 0) is 24.3 Å². The smallest absolute Gasteiger partial charge is 0.228 e. The van der Waals surface area contributed by atoms with Gasteiger partial charge in [0.25, 0.3) is 0 Å². The molecule has 2 aromatic carbocycles. The number of nitrogens with one attached hydrogen (secondary N) is 1. The summed E-state index contributed by atoms with van der Waals surface area (Å²) in [6.45, 7) is 0. The molecule has 2 rings (SSSR count). The Morgan fingerprint density at radius 1 is 1.30 bits per heavy atom. The predicted molar refractivity (Wildman–Crippen MR) is 76.7 cm³/mol. The fourth-order valence-electron chi connectivity index (χ4n) is 1.77. The predicted octanol–water partition coefficient (Wildman–Crippen LogP) is 3.67. The van der Waals surface area contributed by atoms with Crippen molar-refractivity contribution in [3.63, 3.8) is 0 Å². The number of carbonyl (C=O) groups is 1. The highest BCUT2D eigenvalue weighted by molar-refractivity contribution is 6.31. The third kappa shape index (κ3) is 3.48. The molecular formula is C15H13ClFNO2. The Balaban J connectivity index is 2.09. The second kappa shape index (κ2) is 6.39. The van der Waals surface area contributed by atoms with Gasteiger partial charge >= 0.3 is 0 Å². The molecule has 0 atom stereocenters. The lowest BCUT2D eigenvalue weighted by atomic mass is 10.1. The largest absolute Gasteiger partial charge is 0.497 e. The van der Waals surface area contributed by atoms with Crippen LogP contribution in [-0.2, 0) is 11.2 Å². The monoisotopic (exact) mass is 293 g/mol. The molecule has 0 spiro atoms. The maximum atomic E-state index is 13.6. The first-order chi connectivity index (χ1) is 9.60. The molecule has 0 bridgehead atoms. The van der Waals surface area contributed by atoms with E-state index in [1.807, 2.05) is 0 Å². The van der Waals surface area contributed by atoms with Crippen molar-refractivity contribution in [1.29, 1.82) is 0 Å². The van der Waals surface area contributed by atoms with E-state index in [0.29, 0.717) is 11.4 Å². The lowest BCUT2D eigenvalue weighted by Crippen LogP contribution is -2.15. The van der Waals surface area contributed by atoms with Gasteiger partial charge in [0.1, 0.15) is 11.6 Å². The van der Waals surface area contributed by atoms with Crippen LogP contribution in [0, 0.1) is 5.82 Å². The number of ether oxygens (including phenoxy) is 1. The van der Waals surface area contributed by atoms with Crippen LogP contribution >= 0.6 is 11.6 Å². The minimum atomic E-state index is -0.488. The van der Waals surface area contributed by atoms with Gasteiger partial charge in [0, 0.05) is 22.3 Å². The zero-order valence-corrected chi connectivity index (χ0v) is 11.6. The summed E-state index contributed by atoms with van der Waals surface area (Å²) in [5, 5.41) is 2.92. The first-order valence-electron chi connectivity index (χ1n) is 5.97. The molecule has 2 aromatic rings. The van der Waals surface area contributed by atoms with Crippen LogP contribution in [0.5, 0.6) is 5.75 Å². The number of benzene rings is 2. The second-order valence-electron chi connectivity index (χ2n) is 4.16. The van der Waals surface area contributed by atoms with Crippen molar-refractivity contribution in [2.24, 2.45) is 0 Å². The van der Waals surface area contributed by atoms with Crippen LogP contribution in [0.1, 0.15) is 5.56 Å². The molecule has 104 valence electrons. The normalized spacial score (nSPS) is 10.2. The summed E-state index contributed by atoms with van der Waals surface area (Å²) < 4.78 is 18.6. The van der Waals surface area contributed by atoms with Crippen LogP contribution in [0.2, 0.25) is 5.02 Å². The highest BCUT2D eigenvalue weighted by atomic mass is 35.5. The average molecular weight is 294 g/mol. The fourth-order valence-corrected chi connectivity index (χ4v) is 2.00. The molecule has 0 saturated heterocycles. The molecule has 5 heteroatoms. The molecule has 0 unspecified atom stereocenters. The number of hydrogen-bond donors (Lipinski definition) is 1. The molecule has 0 aliphatic carbocycles. The Hall–Kier alpha value is -2.07. The maximum Gasteiger partial charge on any atom is 0.228 e. The van der Waals surface area contributed by atoms with E-state index in [-0.39, 0.29) is 22.9 Å². The Labute approximate surface area is 121 Å². The number of amides is 1. The van der Waals surface area contributed by atoms with E-state index >= 15 is 0 Å². The van der Waals surface area contributed by atoms with E-state index in [1.165, 1.54) is 12.1 Å². The van der Waals surface area contributed by atoms with E-state index < -0.39 is 5.82 Å². The van der Waals surface area contributed by atoms with Crippen molar-refractivity contribution >= 4 is 23.2 Å². The van der Waals surface area contributed by atoms with Gasteiger partial charge in [-0.25, -0.2) is 4.39 Å². The summed E-state index contributed by atoms with van der Waals surface area (Å²) in [6, 6.07) is 11.3. The van der Waals surface area contributed by atoms with Crippen LogP contribution in [0.15, 0.2) is 42.5 Å². The van der Waals surface area contributed by atoms with Gasteiger partial charge < -0.3 is 10.1 Å². The highest BCUT2D eigenvalue weighted by Crippen LogP contribution is 2.21. The third-order valence-corrected chi connectivity index (χ3v) is 3.11. The molecule has 0 fully saturated rings. The number of halogens is 2. The lowest BCUT2D eigenvalue weighted by Gasteiger charge is -2.08. The Morgan fingerprint density at radius 2 is 2.05 bits per heavy atom. The zero-order valence-electron chi connectivity index (χ0n) is 10.8. The molecular weight excluding hydrogens is 281 g/mol. The molecule has 3 nitrogen and oxygen atoms in total. The van der Waals surface area contributed by atoms with E-state index in [9.17, 15) is 9.18 Å². The van der Waals surface area contributed by atoms with Crippen molar-refractivity contribution in [3.8, 4) is 5.75 Å². The first kappa shape index (κ1) is 14.3. The Bertz CT molecular complexity index is 611. The molecule has 0 aromatic heterocycles. The quantitative estimate of drug-likeness (QED) is 0.934. The van der Waals surface area contributed by atoms with Gasteiger partial charge in [-0.2, -0.15) is 0 Å². The Kier molecular flexibility index (Phi) is 4.58. The summed E-state index contributed by atoms with van der Waals surface area (Å²) in [5.41, 5.74) is 0.774. The van der Waals surface area contributed by atoms with Gasteiger partial charge in [-0.1, -0.05) is 23.7 Å². The number of rotatable bonds is 4. The van der Waals surface area contributed by atoms with E-state index in [4.69, 9.17) is 16.3 Å². The second-order valence-corrected chi connectivity index (χ2v) is 4.56. The molecule has 0 radical (unpaired) electrons. The van der Waals surface area contributed by atoms with Crippen molar-refractivity contribution in [2.45, 2.75) is 6.42 Å². The van der Waals surface area contributed by atoms with Crippen molar-refractivity contribution < 1.29 is 13.9 Å². The molecule has 0 aliphatic rings. The van der Waals surface area contributed by atoms with Crippen molar-refractivity contribution in [2.75, 3.05) is 12.4 Å². The van der Waals surface area contributed by atoms with Crippen LogP contribution in [0.3, 0.4) is 0 Å². The third-order valence-electron chi connectivity index (χ3n) is 2.75. The summed E-state index contributed by atoms with van der Waals surface area (Å²) >= 11 is 5.88. The minimum Gasteiger partial charge on any atom is -0.497 e. The van der Waals surface area contributed by atoms with E-state index in [0.717, 1.165) is 0 Å². The molecule has 0 aliphatic heterocycles.